The maximum absolute atomic E-state index is 5.81. The van der Waals surface area contributed by atoms with E-state index in [4.69, 9.17) is 4.74 Å². The molecule has 0 aromatic carbocycles. The van der Waals surface area contributed by atoms with Crippen molar-refractivity contribution in [1.82, 2.24) is 9.97 Å². The van der Waals surface area contributed by atoms with Crippen molar-refractivity contribution in [2.75, 3.05) is 24.6 Å². The standard InChI is InChI=1S/C15H16BrN3O/c16-14-2-1-6-18-15(14)19-9-5-12(10-19)11-20-13-3-7-17-8-4-13/h1-4,6-8,12H,5,9-11H2. The smallest absolute Gasteiger partial charge is 0.142 e. The molecule has 2 aromatic heterocycles. The molecule has 1 saturated heterocycles. The molecule has 4 nitrogen and oxygen atoms in total. The molecule has 1 unspecified atom stereocenters. The summed E-state index contributed by atoms with van der Waals surface area (Å²) >= 11 is 3.56. The van der Waals surface area contributed by atoms with Gasteiger partial charge < -0.3 is 9.64 Å². The molecule has 0 saturated carbocycles. The van der Waals surface area contributed by atoms with E-state index < -0.39 is 0 Å². The third kappa shape index (κ3) is 3.10. The van der Waals surface area contributed by atoms with E-state index in [1.165, 1.54) is 0 Å². The first-order chi connectivity index (χ1) is 9.83. The van der Waals surface area contributed by atoms with Crippen molar-refractivity contribution in [3.8, 4) is 5.75 Å². The van der Waals surface area contributed by atoms with Crippen molar-refractivity contribution in [3.05, 3.63) is 47.3 Å². The van der Waals surface area contributed by atoms with Gasteiger partial charge >= 0.3 is 0 Å². The fourth-order valence-electron chi connectivity index (χ4n) is 2.42. The summed E-state index contributed by atoms with van der Waals surface area (Å²) in [5.74, 6) is 2.45. The quantitative estimate of drug-likeness (QED) is 0.861. The Labute approximate surface area is 126 Å². The van der Waals surface area contributed by atoms with Crippen LogP contribution in [0.3, 0.4) is 0 Å². The molecule has 0 bridgehead atoms. The van der Waals surface area contributed by atoms with Gasteiger partial charge in [0.1, 0.15) is 11.6 Å². The second kappa shape index (κ2) is 6.22. The molecule has 3 heterocycles. The van der Waals surface area contributed by atoms with E-state index in [0.717, 1.165) is 42.2 Å². The van der Waals surface area contributed by atoms with E-state index in [1.54, 1.807) is 12.4 Å². The zero-order valence-corrected chi connectivity index (χ0v) is 12.7. The average Bonchev–Trinajstić information content (AvgIpc) is 2.95. The molecule has 1 atom stereocenters. The van der Waals surface area contributed by atoms with Gasteiger partial charge in [-0.2, -0.15) is 0 Å². The van der Waals surface area contributed by atoms with Gasteiger partial charge in [0.05, 0.1) is 11.1 Å². The highest BCUT2D eigenvalue weighted by Crippen LogP contribution is 2.28. The number of halogens is 1. The van der Waals surface area contributed by atoms with Crippen LogP contribution in [0.2, 0.25) is 0 Å². The van der Waals surface area contributed by atoms with Crippen molar-refractivity contribution >= 4 is 21.7 Å². The lowest BCUT2D eigenvalue weighted by Gasteiger charge is -2.18. The molecule has 0 spiro atoms. The summed E-state index contributed by atoms with van der Waals surface area (Å²) in [5, 5.41) is 0. The van der Waals surface area contributed by atoms with E-state index in [-0.39, 0.29) is 0 Å². The first kappa shape index (κ1) is 13.4. The number of hydrogen-bond donors (Lipinski definition) is 0. The molecule has 104 valence electrons. The minimum Gasteiger partial charge on any atom is -0.493 e. The van der Waals surface area contributed by atoms with Crippen molar-refractivity contribution in [2.45, 2.75) is 6.42 Å². The largest absolute Gasteiger partial charge is 0.493 e. The highest BCUT2D eigenvalue weighted by molar-refractivity contribution is 9.10. The van der Waals surface area contributed by atoms with Crippen molar-refractivity contribution < 1.29 is 4.74 Å². The highest BCUT2D eigenvalue weighted by Gasteiger charge is 2.25. The van der Waals surface area contributed by atoms with E-state index >= 15 is 0 Å². The van der Waals surface area contributed by atoms with Crippen molar-refractivity contribution in [3.63, 3.8) is 0 Å². The predicted molar refractivity (Wildman–Crippen MR) is 82.0 cm³/mol. The molecular weight excluding hydrogens is 318 g/mol. The zero-order chi connectivity index (χ0) is 13.8. The second-order valence-electron chi connectivity index (χ2n) is 4.90. The molecule has 0 amide bonds. The van der Waals surface area contributed by atoms with Gasteiger partial charge in [-0.3, -0.25) is 4.98 Å². The SMILES string of the molecule is Brc1cccnc1N1CCC(COc2ccncc2)C1. The van der Waals surface area contributed by atoms with Gasteiger partial charge in [0, 0.05) is 37.6 Å². The first-order valence-corrected chi connectivity index (χ1v) is 7.50. The summed E-state index contributed by atoms with van der Waals surface area (Å²) in [6.45, 7) is 2.76. The van der Waals surface area contributed by atoms with Gasteiger partial charge in [-0.1, -0.05) is 0 Å². The van der Waals surface area contributed by atoms with E-state index in [1.807, 2.05) is 30.5 Å². The van der Waals surface area contributed by atoms with Crippen LogP contribution in [0, 0.1) is 5.92 Å². The number of hydrogen-bond acceptors (Lipinski definition) is 4. The highest BCUT2D eigenvalue weighted by atomic mass is 79.9. The van der Waals surface area contributed by atoms with Crippen molar-refractivity contribution in [1.29, 1.82) is 0 Å². The Hall–Kier alpha value is -1.62. The average molecular weight is 334 g/mol. The fourth-order valence-corrected chi connectivity index (χ4v) is 2.93. The van der Waals surface area contributed by atoms with Gasteiger partial charge in [-0.15, -0.1) is 0 Å². The van der Waals surface area contributed by atoms with Crippen LogP contribution in [0.15, 0.2) is 47.3 Å². The van der Waals surface area contributed by atoms with Crippen LogP contribution in [-0.4, -0.2) is 29.7 Å². The van der Waals surface area contributed by atoms with Gasteiger partial charge in [-0.25, -0.2) is 4.98 Å². The lowest BCUT2D eigenvalue weighted by molar-refractivity contribution is 0.261. The summed E-state index contributed by atoms with van der Waals surface area (Å²) in [4.78, 5) is 10.7. The maximum Gasteiger partial charge on any atom is 0.142 e. The minimum atomic E-state index is 0.539. The Morgan fingerprint density at radius 3 is 2.90 bits per heavy atom. The van der Waals surface area contributed by atoms with E-state index in [2.05, 4.69) is 30.8 Å². The zero-order valence-electron chi connectivity index (χ0n) is 11.1. The molecule has 0 N–H and O–H groups in total. The van der Waals surface area contributed by atoms with E-state index in [0.29, 0.717) is 5.92 Å². The molecule has 1 aliphatic heterocycles. The number of nitrogens with zero attached hydrogens (tertiary/aromatic N) is 3. The Kier molecular flexibility index (Phi) is 4.16. The molecule has 0 aliphatic carbocycles. The third-order valence-electron chi connectivity index (χ3n) is 3.46. The second-order valence-corrected chi connectivity index (χ2v) is 5.76. The van der Waals surface area contributed by atoms with Crippen LogP contribution < -0.4 is 9.64 Å². The third-order valence-corrected chi connectivity index (χ3v) is 4.08. The Balaban J connectivity index is 1.56. The first-order valence-electron chi connectivity index (χ1n) is 6.71. The van der Waals surface area contributed by atoms with Crippen LogP contribution in [0.4, 0.5) is 5.82 Å². The van der Waals surface area contributed by atoms with Crippen LogP contribution in [0.5, 0.6) is 5.75 Å². The Morgan fingerprint density at radius 1 is 1.25 bits per heavy atom. The molecule has 1 aliphatic rings. The molecular formula is C15H16BrN3O. The molecule has 5 heteroatoms. The number of aromatic nitrogens is 2. The molecule has 0 radical (unpaired) electrons. The minimum absolute atomic E-state index is 0.539. The monoisotopic (exact) mass is 333 g/mol. The van der Waals surface area contributed by atoms with Crippen LogP contribution in [0.1, 0.15) is 6.42 Å². The number of anilines is 1. The Bertz CT molecular complexity index is 564. The lowest BCUT2D eigenvalue weighted by atomic mass is 10.1. The Morgan fingerprint density at radius 2 is 2.10 bits per heavy atom. The van der Waals surface area contributed by atoms with Gasteiger partial charge in [0.25, 0.3) is 0 Å². The molecule has 2 aromatic rings. The molecule has 1 fully saturated rings. The van der Waals surface area contributed by atoms with Crippen LogP contribution in [-0.2, 0) is 0 Å². The summed E-state index contributed by atoms with van der Waals surface area (Å²) in [6.07, 6.45) is 6.47. The summed E-state index contributed by atoms with van der Waals surface area (Å²) in [6, 6.07) is 7.75. The maximum atomic E-state index is 5.81. The van der Waals surface area contributed by atoms with Gasteiger partial charge in [0.15, 0.2) is 0 Å². The fraction of sp³-hybridized carbons (Fsp3) is 0.333. The van der Waals surface area contributed by atoms with Gasteiger partial charge in [-0.05, 0) is 46.6 Å². The van der Waals surface area contributed by atoms with Crippen LogP contribution in [0.25, 0.3) is 0 Å². The van der Waals surface area contributed by atoms with Crippen LogP contribution >= 0.6 is 15.9 Å². The lowest BCUT2D eigenvalue weighted by Crippen LogP contribution is -2.23. The molecule has 20 heavy (non-hydrogen) atoms. The topological polar surface area (TPSA) is 38.2 Å². The predicted octanol–water partition coefficient (Wildman–Crippen LogP) is 3.14. The number of rotatable bonds is 4. The normalized spacial score (nSPS) is 18.2. The summed E-state index contributed by atoms with van der Waals surface area (Å²) in [5.41, 5.74) is 0. The molecule has 3 rings (SSSR count). The number of pyridine rings is 2. The summed E-state index contributed by atoms with van der Waals surface area (Å²) in [7, 11) is 0. The van der Waals surface area contributed by atoms with Crippen molar-refractivity contribution in [2.24, 2.45) is 5.92 Å². The van der Waals surface area contributed by atoms with Gasteiger partial charge in [0.2, 0.25) is 0 Å². The number of ether oxygens (including phenoxy) is 1. The summed E-state index contributed by atoms with van der Waals surface area (Å²) < 4.78 is 6.86. The van der Waals surface area contributed by atoms with E-state index in [9.17, 15) is 0 Å².